The molecular formula is C16H12N6OS. The van der Waals surface area contributed by atoms with E-state index in [0.717, 1.165) is 11.3 Å². The van der Waals surface area contributed by atoms with Gasteiger partial charge in [-0.2, -0.15) is 4.98 Å². The Labute approximate surface area is 141 Å². The number of carbonyl (C=O) groups excluding carboxylic acids is 1. The number of aromatic nitrogens is 5. The Morgan fingerprint density at radius 3 is 2.79 bits per heavy atom. The zero-order chi connectivity index (χ0) is 16.5. The molecule has 1 aromatic carbocycles. The van der Waals surface area contributed by atoms with E-state index >= 15 is 0 Å². The molecule has 3 heterocycles. The lowest BCUT2D eigenvalue weighted by atomic mass is 10.1. The molecule has 0 aliphatic heterocycles. The minimum atomic E-state index is -0.391. The van der Waals surface area contributed by atoms with Gasteiger partial charge in [-0.15, -0.1) is 16.4 Å². The van der Waals surface area contributed by atoms with Crippen LogP contribution in [0.5, 0.6) is 0 Å². The van der Waals surface area contributed by atoms with Crippen molar-refractivity contribution in [1.29, 1.82) is 0 Å². The highest BCUT2D eigenvalue weighted by atomic mass is 32.1. The first kappa shape index (κ1) is 14.5. The van der Waals surface area contributed by atoms with E-state index < -0.39 is 5.91 Å². The molecule has 0 saturated heterocycles. The molecule has 0 aliphatic rings. The van der Waals surface area contributed by atoms with Gasteiger partial charge in [-0.1, -0.05) is 29.8 Å². The average molecular weight is 336 g/mol. The smallest absolute Gasteiger partial charge is 0.278 e. The van der Waals surface area contributed by atoms with Gasteiger partial charge in [0.1, 0.15) is 5.69 Å². The maximum Gasteiger partial charge on any atom is 0.278 e. The number of hydrogen-bond acceptors (Lipinski definition) is 6. The summed E-state index contributed by atoms with van der Waals surface area (Å²) >= 11 is 1.47. The molecule has 7 nitrogen and oxygen atoms in total. The number of carbonyl (C=O) groups is 1. The summed E-state index contributed by atoms with van der Waals surface area (Å²) in [4.78, 5) is 25.0. The van der Waals surface area contributed by atoms with Crippen molar-refractivity contribution in [3.8, 4) is 11.3 Å². The van der Waals surface area contributed by atoms with Crippen molar-refractivity contribution >= 4 is 28.2 Å². The minimum absolute atomic E-state index is 0.217. The molecule has 0 radical (unpaired) electrons. The van der Waals surface area contributed by atoms with Gasteiger partial charge in [-0.3, -0.25) is 15.1 Å². The molecule has 0 spiro atoms. The highest BCUT2D eigenvalue weighted by molar-refractivity contribution is 7.15. The van der Waals surface area contributed by atoms with E-state index in [1.165, 1.54) is 35.5 Å². The quantitative estimate of drug-likeness (QED) is 0.622. The van der Waals surface area contributed by atoms with Crippen LogP contribution in [0.4, 0.5) is 5.95 Å². The topological polar surface area (TPSA) is 85.1 Å². The number of thiazole rings is 1. The molecule has 1 N–H and O–H groups in total. The average Bonchev–Trinajstić information content (AvgIpc) is 3.16. The number of amides is 1. The monoisotopic (exact) mass is 336 g/mol. The summed E-state index contributed by atoms with van der Waals surface area (Å²) in [5.41, 5.74) is 3.39. The molecular weight excluding hydrogens is 324 g/mol. The highest BCUT2D eigenvalue weighted by Gasteiger charge is 2.14. The second-order valence-corrected chi connectivity index (χ2v) is 6.00. The molecule has 4 aromatic rings. The van der Waals surface area contributed by atoms with E-state index in [1.807, 2.05) is 36.6 Å². The van der Waals surface area contributed by atoms with Crippen molar-refractivity contribution in [2.24, 2.45) is 0 Å². The maximum atomic E-state index is 12.1. The summed E-state index contributed by atoms with van der Waals surface area (Å²) in [6.45, 7) is 2.04. The lowest BCUT2D eigenvalue weighted by Crippen LogP contribution is -2.14. The number of aryl methyl sites for hydroxylation is 1. The van der Waals surface area contributed by atoms with Crippen molar-refractivity contribution in [1.82, 2.24) is 24.6 Å². The molecule has 0 aliphatic carbocycles. The maximum absolute atomic E-state index is 12.1. The molecule has 24 heavy (non-hydrogen) atoms. The van der Waals surface area contributed by atoms with E-state index in [2.05, 4.69) is 25.4 Å². The minimum Gasteiger partial charge on any atom is -0.288 e. The van der Waals surface area contributed by atoms with Gasteiger partial charge in [0.05, 0.1) is 11.9 Å². The summed E-state index contributed by atoms with van der Waals surface area (Å²) in [6, 6.07) is 8.17. The van der Waals surface area contributed by atoms with Crippen LogP contribution in [0.25, 0.3) is 16.2 Å². The van der Waals surface area contributed by atoms with Crippen molar-refractivity contribution in [3.05, 3.63) is 59.5 Å². The first-order valence-electron chi connectivity index (χ1n) is 7.19. The predicted octanol–water partition coefficient (Wildman–Crippen LogP) is 2.81. The highest BCUT2D eigenvalue weighted by Crippen LogP contribution is 2.26. The standard InChI is InChI=1S/C16H12N6OS/c1-10-2-4-11(5-3-10)13-9-24-16-20-15(21-22(13)16)19-14(23)12-8-17-6-7-18-12/h2-9H,1H3,(H,19,21,23). The van der Waals surface area contributed by atoms with Gasteiger partial charge in [0.25, 0.3) is 11.9 Å². The largest absolute Gasteiger partial charge is 0.288 e. The number of nitrogens with one attached hydrogen (secondary N) is 1. The van der Waals surface area contributed by atoms with Crippen molar-refractivity contribution in [2.45, 2.75) is 6.92 Å². The molecule has 3 aromatic heterocycles. The molecule has 118 valence electrons. The summed E-state index contributed by atoms with van der Waals surface area (Å²) in [6.07, 6.45) is 4.37. The summed E-state index contributed by atoms with van der Waals surface area (Å²) in [5.74, 6) is -0.149. The fourth-order valence-corrected chi connectivity index (χ4v) is 3.07. The Hall–Kier alpha value is -3.13. The van der Waals surface area contributed by atoms with Gasteiger partial charge < -0.3 is 0 Å². The van der Waals surface area contributed by atoms with Crippen LogP contribution in [-0.2, 0) is 0 Å². The van der Waals surface area contributed by atoms with Gasteiger partial charge in [0.2, 0.25) is 4.96 Å². The molecule has 1 amide bonds. The third-order valence-corrected chi connectivity index (χ3v) is 4.27. The second kappa shape index (κ2) is 5.82. The predicted molar refractivity (Wildman–Crippen MR) is 91.0 cm³/mol. The number of hydrogen-bond donors (Lipinski definition) is 1. The Bertz CT molecular complexity index is 1010. The molecule has 0 unspecified atom stereocenters. The summed E-state index contributed by atoms with van der Waals surface area (Å²) in [5, 5.41) is 9.01. The van der Waals surface area contributed by atoms with Crippen molar-refractivity contribution < 1.29 is 4.79 Å². The van der Waals surface area contributed by atoms with Crippen molar-refractivity contribution in [2.75, 3.05) is 5.32 Å². The molecule has 8 heteroatoms. The Morgan fingerprint density at radius 1 is 1.21 bits per heavy atom. The van der Waals surface area contributed by atoms with Crippen LogP contribution < -0.4 is 5.32 Å². The Balaban J connectivity index is 1.65. The van der Waals surface area contributed by atoms with Gasteiger partial charge in [0.15, 0.2) is 0 Å². The first-order chi connectivity index (χ1) is 11.7. The normalized spacial score (nSPS) is 10.9. The van der Waals surface area contributed by atoms with E-state index in [9.17, 15) is 4.79 Å². The molecule has 4 rings (SSSR count). The fourth-order valence-electron chi connectivity index (χ4n) is 2.24. The van der Waals surface area contributed by atoms with Crippen LogP contribution in [0.1, 0.15) is 16.1 Å². The number of benzene rings is 1. The zero-order valence-corrected chi connectivity index (χ0v) is 13.5. The second-order valence-electron chi connectivity index (χ2n) is 5.16. The molecule has 0 bridgehead atoms. The van der Waals surface area contributed by atoms with Crippen LogP contribution >= 0.6 is 11.3 Å². The Morgan fingerprint density at radius 2 is 2.04 bits per heavy atom. The van der Waals surface area contributed by atoms with Crippen LogP contribution in [0.2, 0.25) is 0 Å². The lowest BCUT2D eigenvalue weighted by molar-refractivity contribution is 0.102. The van der Waals surface area contributed by atoms with Gasteiger partial charge in [0, 0.05) is 23.3 Å². The number of nitrogens with zero attached hydrogens (tertiary/aromatic N) is 5. The third kappa shape index (κ3) is 2.63. The number of anilines is 1. The SMILES string of the molecule is Cc1ccc(-c2csc3nc(NC(=O)c4cnccn4)nn23)cc1. The third-order valence-electron chi connectivity index (χ3n) is 3.45. The molecule has 0 atom stereocenters. The Kier molecular flexibility index (Phi) is 3.51. The summed E-state index contributed by atoms with van der Waals surface area (Å²) in [7, 11) is 0. The van der Waals surface area contributed by atoms with Crippen LogP contribution in [0, 0.1) is 6.92 Å². The van der Waals surface area contributed by atoms with Crippen LogP contribution in [-0.4, -0.2) is 30.5 Å². The molecule has 0 fully saturated rings. The van der Waals surface area contributed by atoms with Crippen LogP contribution in [0.3, 0.4) is 0 Å². The lowest BCUT2D eigenvalue weighted by Gasteiger charge is -2.00. The van der Waals surface area contributed by atoms with E-state index in [-0.39, 0.29) is 11.6 Å². The zero-order valence-electron chi connectivity index (χ0n) is 12.7. The van der Waals surface area contributed by atoms with E-state index in [4.69, 9.17) is 0 Å². The number of fused-ring (bicyclic) bond motifs is 1. The van der Waals surface area contributed by atoms with E-state index in [0.29, 0.717) is 4.96 Å². The van der Waals surface area contributed by atoms with E-state index in [1.54, 1.807) is 4.52 Å². The van der Waals surface area contributed by atoms with Crippen LogP contribution in [0.15, 0.2) is 48.2 Å². The van der Waals surface area contributed by atoms with Gasteiger partial charge in [-0.05, 0) is 6.92 Å². The van der Waals surface area contributed by atoms with Gasteiger partial charge >= 0.3 is 0 Å². The fraction of sp³-hybridized carbons (Fsp3) is 0.0625. The van der Waals surface area contributed by atoms with Crippen molar-refractivity contribution in [3.63, 3.8) is 0 Å². The first-order valence-corrected chi connectivity index (χ1v) is 8.07. The summed E-state index contributed by atoms with van der Waals surface area (Å²) < 4.78 is 1.72. The number of rotatable bonds is 3. The molecule has 0 saturated carbocycles. The van der Waals surface area contributed by atoms with Gasteiger partial charge in [-0.25, -0.2) is 9.50 Å².